The molecule has 1 fully saturated rings. The first-order chi connectivity index (χ1) is 14.0. The Morgan fingerprint density at radius 1 is 1.31 bits per heavy atom. The molecule has 0 unspecified atom stereocenters. The molecule has 0 atom stereocenters. The van der Waals surface area contributed by atoms with Crippen LogP contribution in [-0.2, 0) is 4.79 Å². The highest BCUT2D eigenvalue weighted by molar-refractivity contribution is 9.10. The average Bonchev–Trinajstić information content (AvgIpc) is 2.98. The van der Waals surface area contributed by atoms with Crippen molar-refractivity contribution in [3.63, 3.8) is 0 Å². The lowest BCUT2D eigenvalue weighted by atomic mass is 10.2. The standard InChI is InChI=1S/C22H18BrClN2O2S/c1-3-11-26-21(27)20(29-22(26)25-18-8-6-17(24)7-9-18)14-15-13-16(23)5-10-19(15)28-12-4-2/h2,5-10,13-14H,3,11-12H2,1H3/b20-14-,25-22?. The first-order valence-electron chi connectivity index (χ1n) is 8.93. The molecule has 0 bridgehead atoms. The van der Waals surface area contributed by atoms with Crippen LogP contribution in [0.25, 0.3) is 6.08 Å². The molecule has 1 amide bonds. The van der Waals surface area contributed by atoms with E-state index in [0.717, 1.165) is 22.1 Å². The van der Waals surface area contributed by atoms with E-state index in [1.807, 2.05) is 43.3 Å². The zero-order chi connectivity index (χ0) is 20.8. The lowest BCUT2D eigenvalue weighted by molar-refractivity contribution is -0.122. The topological polar surface area (TPSA) is 41.9 Å². The van der Waals surface area contributed by atoms with E-state index in [0.29, 0.717) is 27.4 Å². The fourth-order valence-corrected chi connectivity index (χ4v) is 4.18. The monoisotopic (exact) mass is 488 g/mol. The number of carbonyl (C=O) groups is 1. The van der Waals surface area contributed by atoms with Gasteiger partial charge in [-0.15, -0.1) is 6.42 Å². The van der Waals surface area contributed by atoms with Crippen molar-refractivity contribution in [3.8, 4) is 18.1 Å². The zero-order valence-corrected chi connectivity index (χ0v) is 18.9. The smallest absolute Gasteiger partial charge is 0.266 e. The normalized spacial score (nSPS) is 16.5. The number of carbonyl (C=O) groups excluding carboxylic acids is 1. The third-order valence-corrected chi connectivity index (χ3v) is 5.71. The second-order valence-corrected chi connectivity index (χ2v) is 8.47. The summed E-state index contributed by atoms with van der Waals surface area (Å²) in [4.78, 5) is 19.9. The maximum atomic E-state index is 13.0. The van der Waals surface area contributed by atoms with E-state index < -0.39 is 0 Å². The third-order valence-electron chi connectivity index (χ3n) is 3.96. The molecule has 29 heavy (non-hydrogen) atoms. The predicted molar refractivity (Wildman–Crippen MR) is 125 cm³/mol. The highest BCUT2D eigenvalue weighted by Crippen LogP contribution is 2.36. The molecule has 2 aromatic rings. The van der Waals surface area contributed by atoms with E-state index >= 15 is 0 Å². The van der Waals surface area contributed by atoms with Gasteiger partial charge in [0, 0.05) is 21.6 Å². The van der Waals surface area contributed by atoms with Gasteiger partial charge in [-0.05, 0) is 66.7 Å². The number of thioether (sulfide) groups is 1. The molecule has 2 aromatic carbocycles. The Hall–Kier alpha value is -2.20. The minimum Gasteiger partial charge on any atom is -0.480 e. The number of halogens is 2. The summed E-state index contributed by atoms with van der Waals surface area (Å²) in [7, 11) is 0. The Bertz CT molecular complexity index is 1010. The lowest BCUT2D eigenvalue weighted by Crippen LogP contribution is -2.29. The van der Waals surface area contributed by atoms with Gasteiger partial charge in [-0.2, -0.15) is 0 Å². The van der Waals surface area contributed by atoms with E-state index in [4.69, 9.17) is 22.8 Å². The van der Waals surface area contributed by atoms with Gasteiger partial charge in [-0.1, -0.05) is 40.4 Å². The van der Waals surface area contributed by atoms with Crippen LogP contribution < -0.4 is 4.74 Å². The van der Waals surface area contributed by atoms with Crippen LogP contribution in [-0.4, -0.2) is 29.1 Å². The molecule has 1 heterocycles. The van der Waals surface area contributed by atoms with Gasteiger partial charge in [0.1, 0.15) is 12.4 Å². The Morgan fingerprint density at radius 2 is 2.07 bits per heavy atom. The van der Waals surface area contributed by atoms with Crippen LogP contribution in [0.1, 0.15) is 18.9 Å². The largest absolute Gasteiger partial charge is 0.480 e. The van der Waals surface area contributed by atoms with Crippen molar-refractivity contribution >= 4 is 62.1 Å². The molecular formula is C22H18BrClN2O2S. The Labute approximate surface area is 188 Å². The van der Waals surface area contributed by atoms with E-state index in [1.54, 1.807) is 17.0 Å². The highest BCUT2D eigenvalue weighted by atomic mass is 79.9. The van der Waals surface area contributed by atoms with Gasteiger partial charge < -0.3 is 4.74 Å². The molecular weight excluding hydrogens is 472 g/mol. The molecule has 1 aliphatic rings. The molecule has 0 spiro atoms. The summed E-state index contributed by atoms with van der Waals surface area (Å²) in [6, 6.07) is 12.8. The van der Waals surface area contributed by atoms with Crippen molar-refractivity contribution in [1.29, 1.82) is 0 Å². The molecule has 3 rings (SSSR count). The molecule has 1 aliphatic heterocycles. The number of aliphatic imine (C=N–C) groups is 1. The quantitative estimate of drug-likeness (QED) is 0.362. The minimum atomic E-state index is -0.0764. The molecule has 4 nitrogen and oxygen atoms in total. The summed E-state index contributed by atoms with van der Waals surface area (Å²) in [6.07, 6.45) is 7.95. The Morgan fingerprint density at radius 3 is 2.76 bits per heavy atom. The molecule has 0 saturated carbocycles. The number of ether oxygens (including phenoxy) is 1. The Balaban J connectivity index is 1.96. The SMILES string of the molecule is C#CCOc1ccc(Br)cc1/C=C1\SC(=Nc2ccc(Cl)cc2)N(CCC)C1=O. The molecule has 0 N–H and O–H groups in total. The fourth-order valence-electron chi connectivity index (χ4n) is 2.66. The van der Waals surface area contributed by atoms with Crippen molar-refractivity contribution in [2.24, 2.45) is 4.99 Å². The molecule has 0 aliphatic carbocycles. The summed E-state index contributed by atoms with van der Waals surface area (Å²) in [6.45, 7) is 2.78. The number of amides is 1. The number of hydrogen-bond acceptors (Lipinski definition) is 4. The summed E-state index contributed by atoms with van der Waals surface area (Å²) >= 11 is 10.8. The van der Waals surface area contributed by atoms with E-state index in [9.17, 15) is 4.79 Å². The number of nitrogens with zero attached hydrogens (tertiary/aromatic N) is 2. The maximum absolute atomic E-state index is 13.0. The molecule has 0 aromatic heterocycles. The third kappa shape index (κ3) is 5.45. The predicted octanol–water partition coefficient (Wildman–Crippen LogP) is 6.13. The van der Waals surface area contributed by atoms with Crippen LogP contribution in [0.3, 0.4) is 0 Å². The van der Waals surface area contributed by atoms with Gasteiger partial charge in [0.25, 0.3) is 5.91 Å². The zero-order valence-electron chi connectivity index (χ0n) is 15.7. The summed E-state index contributed by atoms with van der Waals surface area (Å²) in [5.74, 6) is 3.00. The molecule has 0 radical (unpaired) electrons. The summed E-state index contributed by atoms with van der Waals surface area (Å²) in [5.41, 5.74) is 1.52. The maximum Gasteiger partial charge on any atom is 0.266 e. The number of terminal acetylenes is 1. The lowest BCUT2D eigenvalue weighted by Gasteiger charge is -2.14. The fraction of sp³-hybridized carbons (Fsp3) is 0.182. The minimum absolute atomic E-state index is 0.0764. The van der Waals surface area contributed by atoms with Crippen molar-refractivity contribution in [2.45, 2.75) is 13.3 Å². The van der Waals surface area contributed by atoms with Crippen LogP contribution in [0.2, 0.25) is 5.02 Å². The van der Waals surface area contributed by atoms with Crippen LogP contribution in [0.4, 0.5) is 5.69 Å². The van der Waals surface area contributed by atoms with Gasteiger partial charge in [0.2, 0.25) is 0 Å². The van der Waals surface area contributed by atoms with E-state index in [2.05, 4.69) is 26.8 Å². The van der Waals surface area contributed by atoms with Gasteiger partial charge in [0.15, 0.2) is 5.17 Å². The van der Waals surface area contributed by atoms with E-state index in [1.165, 1.54) is 11.8 Å². The second kappa shape index (κ2) is 10.0. The van der Waals surface area contributed by atoms with Gasteiger partial charge >= 0.3 is 0 Å². The van der Waals surface area contributed by atoms with Crippen LogP contribution in [0.15, 0.2) is 56.8 Å². The number of rotatable bonds is 6. The average molecular weight is 490 g/mol. The molecule has 148 valence electrons. The van der Waals surface area contributed by atoms with Crippen molar-refractivity contribution in [2.75, 3.05) is 13.2 Å². The first-order valence-corrected chi connectivity index (χ1v) is 10.9. The number of benzene rings is 2. The van der Waals surface area contributed by atoms with Crippen molar-refractivity contribution in [1.82, 2.24) is 4.90 Å². The van der Waals surface area contributed by atoms with E-state index in [-0.39, 0.29) is 12.5 Å². The second-order valence-electron chi connectivity index (χ2n) is 6.11. The van der Waals surface area contributed by atoms with Gasteiger partial charge in [0.05, 0.1) is 10.6 Å². The highest BCUT2D eigenvalue weighted by Gasteiger charge is 2.33. The first kappa shape index (κ1) is 21.5. The van der Waals surface area contributed by atoms with Crippen molar-refractivity contribution < 1.29 is 9.53 Å². The molecule has 7 heteroatoms. The summed E-state index contributed by atoms with van der Waals surface area (Å²) < 4.78 is 6.50. The van der Waals surface area contributed by atoms with Gasteiger partial charge in [-0.3, -0.25) is 9.69 Å². The van der Waals surface area contributed by atoms with Gasteiger partial charge in [-0.25, -0.2) is 4.99 Å². The van der Waals surface area contributed by atoms with Crippen molar-refractivity contribution in [3.05, 3.63) is 62.4 Å². The summed E-state index contributed by atoms with van der Waals surface area (Å²) in [5, 5.41) is 1.29. The Kier molecular flexibility index (Phi) is 7.43. The number of amidine groups is 1. The van der Waals surface area contributed by atoms with Crippen LogP contribution >= 0.6 is 39.3 Å². The number of hydrogen-bond donors (Lipinski definition) is 0. The van der Waals surface area contributed by atoms with Crippen LogP contribution in [0.5, 0.6) is 5.75 Å². The molecule has 1 saturated heterocycles. The van der Waals surface area contributed by atoms with Crippen LogP contribution in [0, 0.1) is 12.3 Å².